The Hall–Kier alpha value is -3.78. The van der Waals surface area contributed by atoms with Crippen LogP contribution in [0, 0.1) is 10.1 Å². The molecule has 1 heterocycles. The summed E-state index contributed by atoms with van der Waals surface area (Å²) < 4.78 is 6.83. The first kappa shape index (κ1) is 22.9. The largest absolute Gasteiger partial charge is 0.867 e. The number of anilines is 1. The highest BCUT2D eigenvalue weighted by Crippen LogP contribution is 2.21. The van der Waals surface area contributed by atoms with Gasteiger partial charge in [-0.05, 0) is 59.2 Å². The van der Waals surface area contributed by atoms with Crippen molar-refractivity contribution in [2.75, 3.05) is 12.4 Å². The number of nitro groups is 1. The summed E-state index contributed by atoms with van der Waals surface area (Å²) in [6.45, 7) is 4.17. The maximum absolute atomic E-state index is 13.4. The van der Waals surface area contributed by atoms with E-state index in [1.54, 1.807) is 48.3 Å². The Kier molecular flexibility index (Phi) is 7.17. The molecule has 0 saturated carbocycles. The molecular weight excluding hydrogens is 426 g/mol. The molecule has 0 atom stereocenters. The number of thiocarbonyl (C=S) groups is 1. The lowest BCUT2D eigenvalue weighted by molar-refractivity contribution is -0.577. The number of hydrogen-bond acceptors (Lipinski definition) is 5. The van der Waals surface area contributed by atoms with Crippen LogP contribution in [-0.4, -0.2) is 17.0 Å². The van der Waals surface area contributed by atoms with Gasteiger partial charge in [0.1, 0.15) is 5.75 Å². The van der Waals surface area contributed by atoms with E-state index < -0.39 is 4.92 Å². The minimum atomic E-state index is -0.506. The number of nitrogens with one attached hydrogen (secondary N) is 1. The van der Waals surface area contributed by atoms with Crippen molar-refractivity contribution in [2.45, 2.75) is 19.8 Å². The SMILES string of the molecule is COc1ccc(NC(=S)C(=C([O-])c2ccc([N+](=O)[O-])cc2)[n+]2ccc(C(C)C)cc2)cc1. The molecule has 7 nitrogen and oxygen atoms in total. The minimum Gasteiger partial charge on any atom is -0.867 e. The molecule has 3 rings (SSSR count). The van der Waals surface area contributed by atoms with E-state index >= 15 is 0 Å². The minimum absolute atomic E-state index is 0.0871. The summed E-state index contributed by atoms with van der Waals surface area (Å²) in [7, 11) is 1.58. The van der Waals surface area contributed by atoms with Crippen molar-refractivity contribution in [3.8, 4) is 5.75 Å². The first-order valence-electron chi connectivity index (χ1n) is 9.93. The van der Waals surface area contributed by atoms with E-state index in [0.717, 1.165) is 5.56 Å². The fourth-order valence-electron chi connectivity index (χ4n) is 3.05. The average molecular weight is 450 g/mol. The van der Waals surface area contributed by atoms with Crippen LogP contribution < -0.4 is 19.7 Å². The molecule has 0 spiro atoms. The summed E-state index contributed by atoms with van der Waals surface area (Å²) in [5.41, 5.74) is 2.27. The first-order chi connectivity index (χ1) is 15.3. The molecule has 0 saturated heterocycles. The van der Waals surface area contributed by atoms with Gasteiger partial charge in [-0.15, -0.1) is 0 Å². The summed E-state index contributed by atoms with van der Waals surface area (Å²) in [6, 6.07) is 16.5. The van der Waals surface area contributed by atoms with Gasteiger partial charge in [0, 0.05) is 30.0 Å². The van der Waals surface area contributed by atoms with Crippen molar-refractivity contribution >= 4 is 40.0 Å². The van der Waals surface area contributed by atoms with Gasteiger partial charge in [-0.1, -0.05) is 26.1 Å². The van der Waals surface area contributed by atoms with Crippen LogP contribution in [0.15, 0.2) is 73.1 Å². The van der Waals surface area contributed by atoms with Gasteiger partial charge in [0.25, 0.3) is 5.69 Å². The van der Waals surface area contributed by atoms with Gasteiger partial charge in [0.15, 0.2) is 17.4 Å². The van der Waals surface area contributed by atoms with E-state index in [1.807, 2.05) is 12.1 Å². The maximum Gasteiger partial charge on any atom is 0.269 e. The second-order valence-electron chi connectivity index (χ2n) is 7.36. The lowest BCUT2D eigenvalue weighted by atomic mass is 10.1. The molecule has 1 aromatic heterocycles. The lowest BCUT2D eigenvalue weighted by Crippen LogP contribution is -2.40. The Morgan fingerprint density at radius 1 is 1.03 bits per heavy atom. The molecule has 0 bridgehead atoms. The standard InChI is InChI=1S/C24H23N3O4S/c1-16(2)17-12-14-26(15-13-17)22(23(28)18-4-8-20(9-5-18)27(29)30)24(32)25-19-6-10-21(31-3)11-7-19/h4-16H,1-3H3,(H-,25,28,32). The molecule has 0 unspecified atom stereocenters. The smallest absolute Gasteiger partial charge is 0.269 e. The molecule has 0 aliphatic heterocycles. The van der Waals surface area contributed by atoms with Crippen LogP contribution in [-0.2, 0) is 0 Å². The van der Waals surface area contributed by atoms with Crippen molar-refractivity contribution in [3.05, 3.63) is 94.3 Å². The Bertz CT molecular complexity index is 1140. The highest BCUT2D eigenvalue weighted by atomic mass is 32.1. The molecular formula is C24H23N3O4S. The topological polar surface area (TPSA) is 91.3 Å². The maximum atomic E-state index is 13.4. The van der Waals surface area contributed by atoms with Gasteiger partial charge in [-0.2, -0.15) is 4.57 Å². The van der Waals surface area contributed by atoms with Crippen molar-refractivity contribution in [1.29, 1.82) is 0 Å². The molecule has 1 N–H and O–H groups in total. The quantitative estimate of drug-likeness (QED) is 0.146. The Morgan fingerprint density at radius 3 is 2.12 bits per heavy atom. The fraction of sp³-hybridized carbons (Fsp3) is 0.167. The Morgan fingerprint density at radius 2 is 1.62 bits per heavy atom. The van der Waals surface area contributed by atoms with Crippen molar-refractivity contribution in [1.82, 2.24) is 0 Å². The lowest BCUT2D eigenvalue weighted by Gasteiger charge is -2.17. The van der Waals surface area contributed by atoms with E-state index in [9.17, 15) is 15.2 Å². The van der Waals surface area contributed by atoms with Crippen LogP contribution in [0.25, 0.3) is 11.5 Å². The molecule has 3 aromatic rings. The van der Waals surface area contributed by atoms with Crippen molar-refractivity contribution < 1.29 is 19.3 Å². The first-order valence-corrected chi connectivity index (χ1v) is 10.3. The highest BCUT2D eigenvalue weighted by Gasteiger charge is 2.20. The van der Waals surface area contributed by atoms with Crippen molar-refractivity contribution in [3.63, 3.8) is 0 Å². The summed E-state index contributed by atoms with van der Waals surface area (Å²) in [4.78, 5) is 10.7. The Labute approximate surface area is 191 Å². The molecule has 32 heavy (non-hydrogen) atoms. The predicted molar refractivity (Wildman–Crippen MR) is 126 cm³/mol. The van der Waals surface area contributed by atoms with E-state index in [-0.39, 0.29) is 22.1 Å². The fourth-order valence-corrected chi connectivity index (χ4v) is 3.36. The number of pyridine rings is 1. The van der Waals surface area contributed by atoms with E-state index in [2.05, 4.69) is 19.2 Å². The molecule has 0 radical (unpaired) electrons. The van der Waals surface area contributed by atoms with E-state index in [0.29, 0.717) is 22.9 Å². The summed E-state index contributed by atoms with van der Waals surface area (Å²) in [5.74, 6) is 0.683. The normalized spacial score (nSPS) is 11.6. The van der Waals surface area contributed by atoms with Gasteiger partial charge >= 0.3 is 0 Å². The average Bonchev–Trinajstić information content (AvgIpc) is 2.80. The predicted octanol–water partition coefficient (Wildman–Crippen LogP) is 4.14. The third-order valence-electron chi connectivity index (χ3n) is 4.90. The van der Waals surface area contributed by atoms with Gasteiger partial charge in [-0.25, -0.2) is 0 Å². The zero-order valence-corrected chi connectivity index (χ0v) is 18.8. The van der Waals surface area contributed by atoms with Crippen LogP contribution in [0.3, 0.4) is 0 Å². The van der Waals surface area contributed by atoms with Gasteiger partial charge < -0.3 is 15.2 Å². The van der Waals surface area contributed by atoms with Crippen LogP contribution in [0.1, 0.15) is 30.9 Å². The van der Waals surface area contributed by atoms with Gasteiger partial charge in [-0.3, -0.25) is 10.1 Å². The molecule has 0 amide bonds. The van der Waals surface area contributed by atoms with E-state index in [4.69, 9.17) is 17.0 Å². The molecule has 0 fully saturated rings. The Balaban J connectivity index is 2.03. The second-order valence-corrected chi connectivity index (χ2v) is 7.77. The zero-order valence-electron chi connectivity index (χ0n) is 17.9. The monoisotopic (exact) mass is 449 g/mol. The van der Waals surface area contributed by atoms with Crippen molar-refractivity contribution in [2.24, 2.45) is 0 Å². The van der Waals surface area contributed by atoms with E-state index in [1.165, 1.54) is 24.3 Å². The number of ether oxygens (including phenoxy) is 1. The number of nitro benzene ring substituents is 1. The summed E-state index contributed by atoms with van der Waals surface area (Å²) in [5, 5.41) is 27.5. The number of hydrogen-bond donors (Lipinski definition) is 1. The number of nitrogens with zero attached hydrogens (tertiary/aromatic N) is 2. The van der Waals surface area contributed by atoms with Crippen LogP contribution in [0.5, 0.6) is 5.75 Å². The zero-order chi connectivity index (χ0) is 23.3. The van der Waals surface area contributed by atoms with Crippen LogP contribution >= 0.6 is 12.2 Å². The number of methoxy groups -OCH3 is 1. The van der Waals surface area contributed by atoms with Gasteiger partial charge in [0.05, 0.1) is 12.0 Å². The number of non-ortho nitro benzene ring substituents is 1. The molecule has 2 aromatic carbocycles. The van der Waals surface area contributed by atoms with Crippen LogP contribution in [0.2, 0.25) is 0 Å². The molecule has 8 heteroatoms. The molecule has 0 aliphatic rings. The van der Waals surface area contributed by atoms with Crippen LogP contribution in [0.4, 0.5) is 11.4 Å². The molecule has 0 aliphatic carbocycles. The second kappa shape index (κ2) is 10.0. The number of rotatable bonds is 7. The third kappa shape index (κ3) is 5.28. The van der Waals surface area contributed by atoms with Gasteiger partial charge in [0.2, 0.25) is 5.70 Å². The summed E-state index contributed by atoms with van der Waals surface area (Å²) >= 11 is 5.60. The number of benzene rings is 2. The summed E-state index contributed by atoms with van der Waals surface area (Å²) in [6.07, 6.45) is 3.58. The highest BCUT2D eigenvalue weighted by molar-refractivity contribution is 7.81. The molecule has 164 valence electrons. The third-order valence-corrected chi connectivity index (χ3v) is 5.19. The number of aromatic nitrogens is 1.